The molecule has 0 spiro atoms. The van der Waals surface area contributed by atoms with Gasteiger partial charge in [-0.2, -0.15) is 0 Å². The maximum atomic E-state index is 13.0. The molecule has 0 bridgehead atoms. The van der Waals surface area contributed by atoms with E-state index in [0.717, 1.165) is 6.20 Å². The van der Waals surface area contributed by atoms with Crippen molar-refractivity contribution in [2.45, 2.75) is 19.8 Å². The van der Waals surface area contributed by atoms with Crippen LogP contribution in [0.25, 0.3) is 0 Å². The lowest BCUT2D eigenvalue weighted by atomic mass is 10.1. The smallest absolute Gasteiger partial charge is 0.310 e. The molecule has 0 aliphatic heterocycles. The van der Waals surface area contributed by atoms with Crippen LogP contribution in [-0.4, -0.2) is 22.5 Å². The molecule has 0 aliphatic rings. The van der Waals surface area contributed by atoms with Gasteiger partial charge in [0.05, 0.1) is 18.0 Å². The van der Waals surface area contributed by atoms with E-state index >= 15 is 0 Å². The number of hydrogen-bond donors (Lipinski definition) is 0. The number of ether oxygens (including phenoxy) is 1. The molecule has 0 fully saturated rings. The highest BCUT2D eigenvalue weighted by molar-refractivity contribution is 14.1. The molecule has 0 unspecified atom stereocenters. The fraction of sp³-hybridized carbons (Fsp3) is 0.400. The molecule has 0 atom stereocenters. The van der Waals surface area contributed by atoms with E-state index < -0.39 is 35.0 Å². The maximum Gasteiger partial charge on any atom is 0.310 e. The van der Waals surface area contributed by atoms with Crippen LogP contribution >= 0.6 is 22.6 Å². The highest BCUT2D eigenvalue weighted by atomic mass is 127. The lowest BCUT2D eigenvalue weighted by Crippen LogP contribution is -2.13. The summed E-state index contributed by atoms with van der Waals surface area (Å²) in [4.78, 5) is 24.8. The van der Waals surface area contributed by atoms with Crippen LogP contribution in [0.3, 0.4) is 0 Å². The molecule has 0 N–H and O–H groups in total. The second-order valence-corrected chi connectivity index (χ2v) is 4.39. The third kappa shape index (κ3) is 3.78. The molecule has 1 heterocycles. The molecule has 104 valence electrons. The number of carbonyl (C=O) groups excluding carboxylic acids is 1. The van der Waals surface area contributed by atoms with Gasteiger partial charge in [-0.05, 0) is 29.5 Å². The summed E-state index contributed by atoms with van der Waals surface area (Å²) in [5, 5.41) is 10.7. The Morgan fingerprint density at radius 1 is 1.63 bits per heavy atom. The van der Waals surface area contributed by atoms with Gasteiger partial charge in [0.1, 0.15) is 15.5 Å². The van der Waals surface area contributed by atoms with Crippen LogP contribution in [-0.2, 0) is 16.0 Å². The molecule has 6 nitrogen and oxygen atoms in total. The minimum Gasteiger partial charge on any atom is -0.466 e. The Labute approximate surface area is 120 Å². The van der Waals surface area contributed by atoms with Crippen LogP contribution in [0, 0.1) is 13.8 Å². The molecule has 1 rings (SSSR count). The van der Waals surface area contributed by atoms with Crippen molar-refractivity contribution >= 4 is 34.2 Å². The lowest BCUT2D eigenvalue weighted by Gasteiger charge is -2.10. The first-order valence-electron chi connectivity index (χ1n) is 5.13. The Bertz CT molecular complexity index is 511. The summed E-state index contributed by atoms with van der Waals surface area (Å²) in [7, 11) is 0. The summed E-state index contributed by atoms with van der Waals surface area (Å²) in [6.45, 7) is 1.67. The monoisotopic (exact) mass is 386 g/mol. The van der Waals surface area contributed by atoms with Crippen molar-refractivity contribution < 1.29 is 23.2 Å². The van der Waals surface area contributed by atoms with Crippen LogP contribution in [0.15, 0.2) is 6.20 Å². The van der Waals surface area contributed by atoms with Gasteiger partial charge in [0.25, 0.3) is 12.1 Å². The Hall–Kier alpha value is -1.39. The topological polar surface area (TPSA) is 82.3 Å². The van der Waals surface area contributed by atoms with Crippen molar-refractivity contribution in [1.29, 1.82) is 0 Å². The highest BCUT2D eigenvalue weighted by Crippen LogP contribution is 2.33. The van der Waals surface area contributed by atoms with Crippen LogP contribution < -0.4 is 0 Å². The molecule has 0 aliphatic carbocycles. The van der Waals surface area contributed by atoms with Gasteiger partial charge < -0.3 is 4.74 Å². The van der Waals surface area contributed by atoms with Crippen LogP contribution in [0.4, 0.5) is 14.5 Å². The predicted octanol–water partition coefficient (Wildman–Crippen LogP) is 2.64. The number of halogens is 3. The Balaban J connectivity index is 3.31. The Morgan fingerprint density at radius 2 is 2.26 bits per heavy atom. The number of alkyl halides is 2. The summed E-state index contributed by atoms with van der Waals surface area (Å²) in [6, 6.07) is 0. The quantitative estimate of drug-likeness (QED) is 0.256. The van der Waals surface area contributed by atoms with Crippen molar-refractivity contribution in [1.82, 2.24) is 4.98 Å². The zero-order chi connectivity index (χ0) is 14.6. The van der Waals surface area contributed by atoms with Crippen molar-refractivity contribution in [3.05, 3.63) is 31.1 Å². The minimum atomic E-state index is -3.07. The summed E-state index contributed by atoms with van der Waals surface area (Å²) >= 11 is 1.65. The first-order chi connectivity index (χ1) is 8.88. The molecule has 1 aromatic rings. The summed E-state index contributed by atoms with van der Waals surface area (Å²) in [6.07, 6.45) is -2.78. The third-order valence-electron chi connectivity index (χ3n) is 2.19. The van der Waals surface area contributed by atoms with Crippen LogP contribution in [0.5, 0.6) is 0 Å². The highest BCUT2D eigenvalue weighted by Gasteiger charge is 2.29. The second kappa shape index (κ2) is 6.68. The van der Waals surface area contributed by atoms with Gasteiger partial charge in [-0.15, -0.1) is 0 Å². The van der Waals surface area contributed by atoms with Gasteiger partial charge in [-0.1, -0.05) is 0 Å². The molecular formula is C10H9F2IN2O4. The van der Waals surface area contributed by atoms with E-state index in [9.17, 15) is 23.7 Å². The molecular weight excluding hydrogens is 377 g/mol. The van der Waals surface area contributed by atoms with Crippen molar-refractivity contribution in [3.8, 4) is 0 Å². The number of pyridine rings is 1. The van der Waals surface area contributed by atoms with E-state index in [0.29, 0.717) is 0 Å². The lowest BCUT2D eigenvalue weighted by molar-refractivity contribution is -0.386. The number of carbonyl (C=O) groups is 1. The van der Waals surface area contributed by atoms with E-state index in [1.165, 1.54) is 0 Å². The predicted molar refractivity (Wildman–Crippen MR) is 68.9 cm³/mol. The standard InChI is InChI=1S/C10H9F2IN2O4/c1-2-19-7(16)3-5-8(9(11)12)6(15(17)18)4-14-10(5)13/h4,9H,2-3H2,1H3. The van der Waals surface area contributed by atoms with E-state index in [-0.39, 0.29) is 15.9 Å². The van der Waals surface area contributed by atoms with Gasteiger partial charge in [-0.25, -0.2) is 13.8 Å². The fourth-order valence-electron chi connectivity index (χ4n) is 1.44. The van der Waals surface area contributed by atoms with Gasteiger partial charge in [0.2, 0.25) is 0 Å². The SMILES string of the molecule is CCOC(=O)Cc1c(I)ncc([N+](=O)[O-])c1C(F)F. The zero-order valence-corrected chi connectivity index (χ0v) is 11.9. The van der Waals surface area contributed by atoms with Gasteiger partial charge in [0, 0.05) is 5.56 Å². The number of nitro groups is 1. The molecule has 19 heavy (non-hydrogen) atoms. The zero-order valence-electron chi connectivity index (χ0n) is 9.73. The number of hydrogen-bond acceptors (Lipinski definition) is 5. The van der Waals surface area contributed by atoms with Gasteiger partial charge in [0.15, 0.2) is 0 Å². The maximum absolute atomic E-state index is 13.0. The number of esters is 1. The molecule has 0 aromatic carbocycles. The van der Waals surface area contributed by atoms with E-state index in [1.54, 1.807) is 29.5 Å². The molecule has 1 aromatic heterocycles. The van der Waals surface area contributed by atoms with Crippen LogP contribution in [0.2, 0.25) is 0 Å². The van der Waals surface area contributed by atoms with Crippen molar-refractivity contribution in [3.63, 3.8) is 0 Å². The van der Waals surface area contributed by atoms with Gasteiger partial charge in [-0.3, -0.25) is 14.9 Å². The number of rotatable bonds is 5. The summed E-state index contributed by atoms with van der Waals surface area (Å²) in [5.41, 5.74) is -1.74. The van der Waals surface area contributed by atoms with Crippen LogP contribution in [0.1, 0.15) is 24.5 Å². The number of nitrogens with zero attached hydrogens (tertiary/aromatic N) is 2. The molecule has 9 heteroatoms. The summed E-state index contributed by atoms with van der Waals surface area (Å²) in [5.74, 6) is -0.732. The molecule has 0 amide bonds. The molecule has 0 saturated carbocycles. The first-order valence-corrected chi connectivity index (χ1v) is 6.21. The minimum absolute atomic E-state index is 0.0990. The van der Waals surface area contributed by atoms with Crippen molar-refractivity contribution in [2.75, 3.05) is 6.61 Å². The van der Waals surface area contributed by atoms with E-state index in [4.69, 9.17) is 0 Å². The second-order valence-electron chi connectivity index (χ2n) is 3.37. The molecule has 0 saturated heterocycles. The largest absolute Gasteiger partial charge is 0.466 e. The fourth-order valence-corrected chi connectivity index (χ4v) is 2.07. The average molecular weight is 386 g/mol. The average Bonchev–Trinajstić information content (AvgIpc) is 2.31. The van der Waals surface area contributed by atoms with E-state index in [1.807, 2.05) is 0 Å². The first kappa shape index (κ1) is 15.7. The van der Waals surface area contributed by atoms with E-state index in [2.05, 4.69) is 9.72 Å². The Kier molecular flexibility index (Phi) is 5.51. The Morgan fingerprint density at radius 3 is 2.74 bits per heavy atom. The molecule has 0 radical (unpaired) electrons. The normalized spacial score (nSPS) is 10.6. The van der Waals surface area contributed by atoms with Crippen molar-refractivity contribution in [2.24, 2.45) is 0 Å². The summed E-state index contributed by atoms with van der Waals surface area (Å²) < 4.78 is 30.7. The number of aromatic nitrogens is 1. The van der Waals surface area contributed by atoms with Gasteiger partial charge >= 0.3 is 5.97 Å². The third-order valence-corrected chi connectivity index (χ3v) is 3.12.